The van der Waals surface area contributed by atoms with E-state index < -0.39 is 0 Å². The van der Waals surface area contributed by atoms with E-state index in [0.717, 1.165) is 45.6 Å². The summed E-state index contributed by atoms with van der Waals surface area (Å²) < 4.78 is 2.01. The van der Waals surface area contributed by atoms with Gasteiger partial charge in [0, 0.05) is 19.8 Å². The molecule has 150 valence electrons. The molecule has 2 aromatic carbocycles. The van der Waals surface area contributed by atoms with Crippen molar-refractivity contribution in [2.75, 3.05) is 24.4 Å². The van der Waals surface area contributed by atoms with Gasteiger partial charge in [-0.25, -0.2) is 4.98 Å². The second-order valence-electron chi connectivity index (χ2n) is 7.41. The summed E-state index contributed by atoms with van der Waals surface area (Å²) >= 11 is 0. The molecule has 0 aliphatic rings. The predicted molar refractivity (Wildman–Crippen MR) is 124 cm³/mol. The first-order valence-corrected chi connectivity index (χ1v) is 9.94. The fraction of sp³-hybridized carbons (Fsp3) is 0.208. The monoisotopic (exact) mass is 396 g/mol. The van der Waals surface area contributed by atoms with Crippen molar-refractivity contribution >= 4 is 34.4 Å². The second kappa shape index (κ2) is 7.88. The molecule has 0 aliphatic carbocycles. The lowest BCUT2D eigenvalue weighted by Gasteiger charge is -2.15. The number of aromatic nitrogens is 2. The molecule has 2 aromatic heterocycles. The van der Waals surface area contributed by atoms with Crippen LogP contribution in [0.15, 0.2) is 53.6 Å². The van der Waals surface area contributed by atoms with Gasteiger partial charge in [-0.15, -0.1) is 0 Å². The van der Waals surface area contributed by atoms with E-state index in [-0.39, 0.29) is 0 Å². The molecule has 0 spiro atoms. The average Bonchev–Trinajstić information content (AvgIpc) is 3.13. The van der Waals surface area contributed by atoms with E-state index in [4.69, 9.17) is 4.98 Å². The molecule has 2 heterocycles. The van der Waals surface area contributed by atoms with E-state index in [2.05, 4.69) is 40.6 Å². The van der Waals surface area contributed by atoms with Crippen LogP contribution in [-0.4, -0.2) is 29.7 Å². The minimum atomic E-state index is 0.608. The molecule has 0 saturated heterocycles. The highest BCUT2D eigenvalue weighted by Gasteiger charge is 2.19. The van der Waals surface area contributed by atoms with Crippen molar-refractivity contribution in [2.45, 2.75) is 20.3 Å². The molecule has 6 heteroatoms. The van der Waals surface area contributed by atoms with Crippen LogP contribution in [0.25, 0.3) is 16.7 Å². The first-order valence-electron chi connectivity index (χ1n) is 9.94. The number of anilines is 2. The lowest BCUT2D eigenvalue weighted by Crippen LogP contribution is -2.08. The number of hydrogen-bond acceptors (Lipinski definition) is 5. The molecule has 0 radical (unpaired) electrons. The van der Waals surface area contributed by atoms with Crippen molar-refractivity contribution in [3.63, 3.8) is 0 Å². The molecular formula is C24H24N6. The lowest BCUT2D eigenvalue weighted by molar-refractivity contribution is 1.04. The number of nitriles is 1. The summed E-state index contributed by atoms with van der Waals surface area (Å²) in [7, 11) is 4.04. The van der Waals surface area contributed by atoms with E-state index in [1.165, 1.54) is 0 Å². The fourth-order valence-electron chi connectivity index (χ4n) is 3.76. The number of hydrogen-bond donors (Lipinski definition) is 1. The summed E-state index contributed by atoms with van der Waals surface area (Å²) in [4.78, 5) is 6.78. The van der Waals surface area contributed by atoms with Crippen LogP contribution in [-0.2, 0) is 6.42 Å². The SMILES string of the molecule is CCc1c(C)c(C#N)c2nc3ccccc3n2c1N/N=C\c1ccc(N(C)C)cc1. The van der Waals surface area contributed by atoms with Gasteiger partial charge in [0.1, 0.15) is 11.9 Å². The van der Waals surface area contributed by atoms with Gasteiger partial charge in [0.25, 0.3) is 0 Å². The Bertz CT molecular complexity index is 1290. The van der Waals surface area contributed by atoms with Crippen LogP contribution < -0.4 is 10.3 Å². The third-order valence-electron chi connectivity index (χ3n) is 5.38. The molecule has 4 aromatic rings. The maximum Gasteiger partial charge on any atom is 0.157 e. The molecule has 0 aliphatic heterocycles. The standard InChI is InChI=1S/C24H24N6/c1-5-19-16(2)20(14-25)23-27-21-8-6-7-9-22(21)30(23)24(19)28-26-15-17-10-12-18(13-11-17)29(3)4/h6-13,15,28H,5H2,1-4H3/b26-15-. The zero-order chi connectivity index (χ0) is 21.3. The Morgan fingerprint density at radius 1 is 1.17 bits per heavy atom. The van der Waals surface area contributed by atoms with Gasteiger partial charge in [-0.1, -0.05) is 31.2 Å². The molecule has 0 saturated carbocycles. The molecule has 0 fully saturated rings. The maximum absolute atomic E-state index is 9.78. The van der Waals surface area contributed by atoms with Crippen LogP contribution in [0.4, 0.5) is 11.5 Å². The molecule has 0 bridgehead atoms. The molecule has 4 rings (SSSR count). The van der Waals surface area contributed by atoms with Crippen LogP contribution in [0.3, 0.4) is 0 Å². The molecule has 30 heavy (non-hydrogen) atoms. The molecule has 0 unspecified atom stereocenters. The second-order valence-corrected chi connectivity index (χ2v) is 7.41. The Morgan fingerprint density at radius 3 is 2.57 bits per heavy atom. The zero-order valence-electron chi connectivity index (χ0n) is 17.6. The maximum atomic E-state index is 9.78. The topological polar surface area (TPSA) is 68.7 Å². The number of fused-ring (bicyclic) bond motifs is 3. The molecule has 6 nitrogen and oxygen atoms in total. The number of benzene rings is 2. The molecular weight excluding hydrogens is 372 g/mol. The Morgan fingerprint density at radius 2 is 1.90 bits per heavy atom. The van der Waals surface area contributed by atoms with Crippen molar-refractivity contribution < 1.29 is 0 Å². The predicted octanol–water partition coefficient (Wildman–Crippen LogP) is 4.74. The van der Waals surface area contributed by atoms with Gasteiger partial charge in [0.15, 0.2) is 5.65 Å². The van der Waals surface area contributed by atoms with Crippen LogP contribution >= 0.6 is 0 Å². The lowest BCUT2D eigenvalue weighted by atomic mass is 10.0. The van der Waals surface area contributed by atoms with Gasteiger partial charge in [0.2, 0.25) is 0 Å². The minimum absolute atomic E-state index is 0.608. The number of nitrogens with one attached hydrogen (secondary N) is 1. The van der Waals surface area contributed by atoms with Gasteiger partial charge >= 0.3 is 0 Å². The third-order valence-corrected chi connectivity index (χ3v) is 5.38. The zero-order valence-corrected chi connectivity index (χ0v) is 17.6. The minimum Gasteiger partial charge on any atom is -0.378 e. The number of pyridine rings is 1. The summed E-state index contributed by atoms with van der Waals surface area (Å²) in [6.07, 6.45) is 2.58. The van der Waals surface area contributed by atoms with E-state index in [9.17, 15) is 5.26 Å². The first-order chi connectivity index (χ1) is 14.5. The Kier molecular flexibility index (Phi) is 5.11. The average molecular weight is 396 g/mol. The highest BCUT2D eigenvalue weighted by molar-refractivity contribution is 5.87. The van der Waals surface area contributed by atoms with Crippen molar-refractivity contribution in [1.82, 2.24) is 9.38 Å². The van der Waals surface area contributed by atoms with E-state index in [1.54, 1.807) is 6.21 Å². The van der Waals surface area contributed by atoms with Crippen LogP contribution in [0.5, 0.6) is 0 Å². The largest absolute Gasteiger partial charge is 0.378 e. The van der Waals surface area contributed by atoms with Crippen molar-refractivity contribution in [2.24, 2.45) is 5.10 Å². The molecule has 0 amide bonds. The van der Waals surface area contributed by atoms with E-state index >= 15 is 0 Å². The van der Waals surface area contributed by atoms with Gasteiger partial charge < -0.3 is 4.90 Å². The normalized spacial score (nSPS) is 11.3. The van der Waals surface area contributed by atoms with Crippen LogP contribution in [0.2, 0.25) is 0 Å². The Balaban J connectivity index is 1.82. The Hall–Kier alpha value is -3.85. The third kappa shape index (κ3) is 3.25. The van der Waals surface area contributed by atoms with Crippen molar-refractivity contribution in [1.29, 1.82) is 5.26 Å². The van der Waals surface area contributed by atoms with Crippen molar-refractivity contribution in [3.8, 4) is 6.07 Å². The van der Waals surface area contributed by atoms with Crippen LogP contribution in [0.1, 0.15) is 29.2 Å². The quantitative estimate of drug-likeness (QED) is 0.391. The summed E-state index contributed by atoms with van der Waals surface area (Å²) in [5.74, 6) is 0.846. The molecule has 0 atom stereocenters. The van der Waals surface area contributed by atoms with Gasteiger partial charge in [-0.3, -0.25) is 9.83 Å². The number of hydrazone groups is 1. The highest BCUT2D eigenvalue weighted by Crippen LogP contribution is 2.31. The highest BCUT2D eigenvalue weighted by atomic mass is 15.3. The number of nitrogens with zero attached hydrogens (tertiary/aromatic N) is 5. The van der Waals surface area contributed by atoms with Crippen molar-refractivity contribution in [3.05, 3.63) is 70.8 Å². The Labute approximate surface area is 176 Å². The summed E-state index contributed by atoms with van der Waals surface area (Å²) in [6, 6.07) is 18.4. The summed E-state index contributed by atoms with van der Waals surface area (Å²) in [6.45, 7) is 4.06. The number of imidazole rings is 1. The summed E-state index contributed by atoms with van der Waals surface area (Å²) in [5.41, 5.74) is 10.4. The number of rotatable bonds is 5. The first kappa shape index (κ1) is 19.5. The summed E-state index contributed by atoms with van der Waals surface area (Å²) in [5, 5.41) is 14.3. The van der Waals surface area contributed by atoms with Gasteiger partial charge in [-0.05, 0) is 54.3 Å². The smallest absolute Gasteiger partial charge is 0.157 e. The van der Waals surface area contributed by atoms with Gasteiger partial charge in [0.05, 0.1) is 22.8 Å². The number of para-hydroxylation sites is 2. The van der Waals surface area contributed by atoms with E-state index in [0.29, 0.717) is 11.2 Å². The van der Waals surface area contributed by atoms with Gasteiger partial charge in [-0.2, -0.15) is 10.4 Å². The fourth-order valence-corrected chi connectivity index (χ4v) is 3.76. The molecule has 1 N–H and O–H groups in total. The van der Waals surface area contributed by atoms with E-state index in [1.807, 2.05) is 61.8 Å². The van der Waals surface area contributed by atoms with Crippen LogP contribution in [0, 0.1) is 18.3 Å².